The van der Waals surface area contributed by atoms with Crippen molar-refractivity contribution in [1.82, 2.24) is 0 Å². The van der Waals surface area contributed by atoms with Crippen LogP contribution in [0.25, 0.3) is 0 Å². The summed E-state index contributed by atoms with van der Waals surface area (Å²) in [5, 5.41) is 0. The second-order valence-electron chi connectivity index (χ2n) is 4.54. The van der Waals surface area contributed by atoms with Gasteiger partial charge in [0.1, 0.15) is 6.61 Å². The van der Waals surface area contributed by atoms with Crippen LogP contribution in [-0.2, 0) is 10.3 Å². The molecular weight excluding hydrogens is 278 g/mol. The second-order valence-corrected chi connectivity index (χ2v) is 4.54. The van der Waals surface area contributed by atoms with E-state index in [1.165, 1.54) is 6.07 Å². The molecule has 0 bridgehead atoms. The van der Waals surface area contributed by atoms with Crippen LogP contribution in [0.5, 0.6) is 5.75 Å². The van der Waals surface area contributed by atoms with Crippen LogP contribution < -0.4 is 16.2 Å². The van der Waals surface area contributed by atoms with Crippen molar-refractivity contribution in [3.8, 4) is 5.75 Å². The Hall–Kier alpha value is -2.47. The lowest BCUT2D eigenvalue weighted by Crippen LogP contribution is -2.53. The monoisotopic (exact) mass is 292 g/mol. The van der Waals surface area contributed by atoms with E-state index in [4.69, 9.17) is 16.2 Å². The van der Waals surface area contributed by atoms with Gasteiger partial charge in [-0.25, -0.2) is 8.78 Å². The number of benzene rings is 2. The molecule has 2 aromatic carbocycles. The highest BCUT2D eigenvalue weighted by molar-refractivity contribution is 5.86. The van der Waals surface area contributed by atoms with E-state index in [1.54, 1.807) is 30.3 Å². The zero-order valence-corrected chi connectivity index (χ0v) is 11.1. The number of amides is 1. The van der Waals surface area contributed by atoms with Crippen LogP contribution in [0.2, 0.25) is 0 Å². The third kappa shape index (κ3) is 3.00. The van der Waals surface area contributed by atoms with E-state index in [0.29, 0.717) is 5.56 Å². The van der Waals surface area contributed by atoms with Gasteiger partial charge in [0.05, 0.1) is 0 Å². The Morgan fingerprint density at radius 1 is 1.05 bits per heavy atom. The van der Waals surface area contributed by atoms with Crippen LogP contribution >= 0.6 is 0 Å². The zero-order chi connectivity index (χ0) is 15.5. The van der Waals surface area contributed by atoms with E-state index >= 15 is 0 Å². The van der Waals surface area contributed by atoms with Crippen LogP contribution in [-0.4, -0.2) is 12.5 Å². The molecule has 0 saturated carbocycles. The maximum absolute atomic E-state index is 13.5. The molecule has 1 unspecified atom stereocenters. The molecule has 2 rings (SSSR count). The highest BCUT2D eigenvalue weighted by Gasteiger charge is 2.35. The molecule has 0 saturated heterocycles. The number of primary amides is 1. The van der Waals surface area contributed by atoms with E-state index in [1.807, 2.05) is 0 Å². The number of halogens is 2. The minimum absolute atomic E-state index is 0.397. The van der Waals surface area contributed by atoms with Gasteiger partial charge in [0.15, 0.2) is 22.9 Å². The van der Waals surface area contributed by atoms with Crippen molar-refractivity contribution < 1.29 is 18.3 Å². The lowest BCUT2D eigenvalue weighted by atomic mass is 9.91. The van der Waals surface area contributed by atoms with Crippen LogP contribution in [0.4, 0.5) is 8.78 Å². The SMILES string of the molecule is NC(=O)C(N)(COc1c(F)cccc1F)c1ccccc1. The third-order valence-electron chi connectivity index (χ3n) is 3.09. The highest BCUT2D eigenvalue weighted by atomic mass is 19.1. The van der Waals surface area contributed by atoms with Gasteiger partial charge in [-0.2, -0.15) is 0 Å². The van der Waals surface area contributed by atoms with E-state index in [9.17, 15) is 13.6 Å². The van der Waals surface area contributed by atoms with Gasteiger partial charge in [-0.1, -0.05) is 36.4 Å². The molecule has 0 aromatic heterocycles. The van der Waals surface area contributed by atoms with Gasteiger partial charge in [-0.05, 0) is 17.7 Å². The molecule has 0 aliphatic rings. The second kappa shape index (κ2) is 5.88. The van der Waals surface area contributed by atoms with Gasteiger partial charge in [-0.3, -0.25) is 4.79 Å². The van der Waals surface area contributed by atoms with Crippen LogP contribution in [0.3, 0.4) is 0 Å². The Labute approximate surface area is 120 Å². The number of para-hydroxylation sites is 1. The predicted molar refractivity (Wildman–Crippen MR) is 73.4 cm³/mol. The van der Waals surface area contributed by atoms with Gasteiger partial charge < -0.3 is 16.2 Å². The Morgan fingerprint density at radius 2 is 1.62 bits per heavy atom. The van der Waals surface area contributed by atoms with E-state index in [-0.39, 0.29) is 0 Å². The Kier molecular flexibility index (Phi) is 4.18. The fourth-order valence-corrected chi connectivity index (χ4v) is 1.84. The summed E-state index contributed by atoms with van der Waals surface area (Å²) in [6.07, 6.45) is 0. The summed E-state index contributed by atoms with van der Waals surface area (Å²) >= 11 is 0. The smallest absolute Gasteiger partial charge is 0.245 e. The van der Waals surface area contributed by atoms with Gasteiger partial charge in [0, 0.05) is 0 Å². The number of nitrogens with two attached hydrogens (primary N) is 2. The van der Waals surface area contributed by atoms with Crippen molar-refractivity contribution >= 4 is 5.91 Å². The molecule has 6 heteroatoms. The van der Waals surface area contributed by atoms with Crippen LogP contribution in [0, 0.1) is 11.6 Å². The van der Waals surface area contributed by atoms with Gasteiger partial charge in [-0.15, -0.1) is 0 Å². The molecule has 0 spiro atoms. The molecule has 1 amide bonds. The van der Waals surface area contributed by atoms with Crippen molar-refractivity contribution in [2.45, 2.75) is 5.54 Å². The topological polar surface area (TPSA) is 78.3 Å². The molecule has 2 aromatic rings. The van der Waals surface area contributed by atoms with Crippen LogP contribution in [0.1, 0.15) is 5.56 Å². The Bertz CT molecular complexity index is 629. The summed E-state index contributed by atoms with van der Waals surface area (Å²) in [5.41, 5.74) is 9.99. The molecule has 0 aliphatic carbocycles. The summed E-state index contributed by atoms with van der Waals surface area (Å²) in [6, 6.07) is 11.6. The zero-order valence-electron chi connectivity index (χ0n) is 11.1. The van der Waals surface area contributed by atoms with Gasteiger partial charge >= 0.3 is 0 Å². The third-order valence-corrected chi connectivity index (χ3v) is 3.09. The molecule has 110 valence electrons. The number of rotatable bonds is 5. The summed E-state index contributed by atoms with van der Waals surface area (Å²) in [4.78, 5) is 11.6. The van der Waals surface area contributed by atoms with Gasteiger partial charge in [0.2, 0.25) is 5.91 Å². The van der Waals surface area contributed by atoms with E-state index < -0.39 is 35.4 Å². The fourth-order valence-electron chi connectivity index (χ4n) is 1.84. The van der Waals surface area contributed by atoms with E-state index in [2.05, 4.69) is 0 Å². The van der Waals surface area contributed by atoms with Crippen molar-refractivity contribution in [2.75, 3.05) is 6.61 Å². The number of carbonyl (C=O) groups is 1. The lowest BCUT2D eigenvalue weighted by molar-refractivity contribution is -0.124. The molecule has 4 N–H and O–H groups in total. The van der Waals surface area contributed by atoms with Crippen molar-refractivity contribution in [2.24, 2.45) is 11.5 Å². The largest absolute Gasteiger partial charge is 0.485 e. The molecular formula is C15H14F2N2O2. The summed E-state index contributed by atoms with van der Waals surface area (Å²) in [6.45, 7) is -0.482. The molecule has 4 nitrogen and oxygen atoms in total. The normalized spacial score (nSPS) is 13.5. The highest BCUT2D eigenvalue weighted by Crippen LogP contribution is 2.24. The van der Waals surface area contributed by atoms with Crippen molar-refractivity contribution in [1.29, 1.82) is 0 Å². The fraction of sp³-hybridized carbons (Fsp3) is 0.133. The van der Waals surface area contributed by atoms with Crippen LogP contribution in [0.15, 0.2) is 48.5 Å². The quantitative estimate of drug-likeness (QED) is 0.880. The first kappa shape index (κ1) is 14.9. The molecule has 0 aliphatic heterocycles. The summed E-state index contributed by atoms with van der Waals surface area (Å²) < 4.78 is 32.1. The molecule has 0 heterocycles. The van der Waals surface area contributed by atoms with Crippen molar-refractivity contribution in [3.63, 3.8) is 0 Å². The maximum Gasteiger partial charge on any atom is 0.245 e. The molecule has 0 fully saturated rings. The minimum Gasteiger partial charge on any atom is -0.485 e. The van der Waals surface area contributed by atoms with Crippen molar-refractivity contribution in [3.05, 3.63) is 65.7 Å². The first-order chi connectivity index (χ1) is 9.95. The Balaban J connectivity index is 2.28. The lowest BCUT2D eigenvalue weighted by Gasteiger charge is -2.26. The average Bonchev–Trinajstić information content (AvgIpc) is 2.47. The summed E-state index contributed by atoms with van der Waals surface area (Å²) in [7, 11) is 0. The maximum atomic E-state index is 13.5. The average molecular weight is 292 g/mol. The number of carbonyl (C=O) groups excluding carboxylic acids is 1. The first-order valence-electron chi connectivity index (χ1n) is 6.16. The standard InChI is InChI=1S/C15H14F2N2O2/c16-11-7-4-8-12(17)13(11)21-9-15(19,14(18)20)10-5-2-1-3-6-10/h1-8H,9,19H2,(H2,18,20). The summed E-state index contributed by atoms with van der Waals surface area (Å²) in [5.74, 6) is -3.21. The van der Waals surface area contributed by atoms with Gasteiger partial charge in [0.25, 0.3) is 0 Å². The molecule has 1 atom stereocenters. The Morgan fingerprint density at radius 3 is 2.14 bits per heavy atom. The number of hydrogen-bond acceptors (Lipinski definition) is 3. The first-order valence-corrected chi connectivity index (χ1v) is 6.16. The van der Waals surface area contributed by atoms with E-state index in [0.717, 1.165) is 12.1 Å². The predicted octanol–water partition coefficient (Wildman–Crippen LogP) is 1.68. The molecule has 21 heavy (non-hydrogen) atoms. The molecule has 0 radical (unpaired) electrons. The number of hydrogen-bond donors (Lipinski definition) is 2. The minimum atomic E-state index is -1.68. The number of ether oxygens (including phenoxy) is 1.